The molecule has 2 aromatic rings. The lowest BCUT2D eigenvalue weighted by Gasteiger charge is -2.33. The van der Waals surface area contributed by atoms with Gasteiger partial charge in [0, 0.05) is 30.8 Å². The van der Waals surface area contributed by atoms with Crippen molar-refractivity contribution in [2.24, 2.45) is 5.92 Å². The Morgan fingerprint density at radius 1 is 1.21 bits per heavy atom. The molecule has 2 aliphatic rings. The molecule has 3 N–H and O–H groups in total. The molecular weight excluding hydrogens is 368 g/mol. The molecule has 2 saturated heterocycles. The zero-order valence-electron chi connectivity index (χ0n) is 16.8. The van der Waals surface area contributed by atoms with Gasteiger partial charge in [0.15, 0.2) is 5.82 Å². The van der Waals surface area contributed by atoms with Crippen molar-refractivity contribution in [3.05, 3.63) is 35.7 Å². The van der Waals surface area contributed by atoms with Crippen LogP contribution in [0.15, 0.2) is 24.3 Å². The Morgan fingerprint density at radius 3 is 2.72 bits per heavy atom. The van der Waals surface area contributed by atoms with Crippen molar-refractivity contribution in [2.45, 2.75) is 38.6 Å². The fraction of sp³-hybridized carbons (Fsp3) is 0.524. The van der Waals surface area contributed by atoms with E-state index in [0.717, 1.165) is 50.2 Å². The van der Waals surface area contributed by atoms with E-state index < -0.39 is 0 Å². The van der Waals surface area contributed by atoms with Gasteiger partial charge in [0.25, 0.3) is 5.91 Å². The van der Waals surface area contributed by atoms with Gasteiger partial charge < -0.3 is 15.5 Å². The maximum Gasteiger partial charge on any atom is 0.253 e. The number of benzene rings is 1. The van der Waals surface area contributed by atoms with E-state index in [2.05, 4.69) is 25.8 Å². The molecule has 8 nitrogen and oxygen atoms in total. The number of carbonyl (C=O) groups excluding carboxylic acids is 2. The van der Waals surface area contributed by atoms with Crippen molar-refractivity contribution in [1.29, 1.82) is 0 Å². The summed E-state index contributed by atoms with van der Waals surface area (Å²) in [5.41, 5.74) is 1.55. The SMILES string of the molecule is Cc1nc(-c2ccc(C(=O)N3CCCC(CNC(=O)C4CCCN4)C3)cc2)n[nH]1. The first-order valence-electron chi connectivity index (χ1n) is 10.4. The van der Waals surface area contributed by atoms with Gasteiger partial charge in [-0.1, -0.05) is 12.1 Å². The summed E-state index contributed by atoms with van der Waals surface area (Å²) < 4.78 is 0. The lowest BCUT2D eigenvalue weighted by Crippen LogP contribution is -2.46. The summed E-state index contributed by atoms with van der Waals surface area (Å²) in [7, 11) is 0. The molecule has 1 aromatic carbocycles. The summed E-state index contributed by atoms with van der Waals surface area (Å²) in [6.45, 7) is 4.84. The Kier molecular flexibility index (Phi) is 5.89. The van der Waals surface area contributed by atoms with Gasteiger partial charge in [-0.3, -0.25) is 14.7 Å². The summed E-state index contributed by atoms with van der Waals surface area (Å²) in [6.07, 6.45) is 3.96. The second-order valence-corrected chi connectivity index (χ2v) is 7.98. The molecule has 0 aliphatic carbocycles. The summed E-state index contributed by atoms with van der Waals surface area (Å²) in [5.74, 6) is 1.82. The molecule has 2 amide bonds. The van der Waals surface area contributed by atoms with Crippen LogP contribution < -0.4 is 10.6 Å². The fourth-order valence-electron chi connectivity index (χ4n) is 4.11. The zero-order chi connectivity index (χ0) is 20.2. The molecule has 2 fully saturated rings. The van der Waals surface area contributed by atoms with Gasteiger partial charge in [0.2, 0.25) is 5.91 Å². The van der Waals surface area contributed by atoms with Gasteiger partial charge in [-0.05, 0) is 57.2 Å². The predicted molar refractivity (Wildman–Crippen MR) is 109 cm³/mol. The van der Waals surface area contributed by atoms with Gasteiger partial charge in [-0.25, -0.2) is 4.98 Å². The molecule has 1 aromatic heterocycles. The molecular formula is C21H28N6O2. The first kappa shape index (κ1) is 19.6. The summed E-state index contributed by atoms with van der Waals surface area (Å²) >= 11 is 0. The van der Waals surface area contributed by atoms with Gasteiger partial charge in [-0.15, -0.1) is 0 Å². The van der Waals surface area contributed by atoms with Crippen LogP contribution in [0.2, 0.25) is 0 Å². The number of amides is 2. The smallest absolute Gasteiger partial charge is 0.253 e. The molecule has 4 rings (SSSR count). The summed E-state index contributed by atoms with van der Waals surface area (Å²) in [5, 5.41) is 13.3. The molecule has 154 valence electrons. The van der Waals surface area contributed by atoms with E-state index in [4.69, 9.17) is 0 Å². The van der Waals surface area contributed by atoms with Crippen LogP contribution in [0.4, 0.5) is 0 Å². The largest absolute Gasteiger partial charge is 0.354 e. The number of hydrogen-bond acceptors (Lipinski definition) is 5. The van der Waals surface area contributed by atoms with E-state index in [9.17, 15) is 9.59 Å². The highest BCUT2D eigenvalue weighted by molar-refractivity contribution is 5.94. The van der Waals surface area contributed by atoms with Crippen LogP contribution in [0.5, 0.6) is 0 Å². The summed E-state index contributed by atoms with van der Waals surface area (Å²) in [6, 6.07) is 7.38. The van der Waals surface area contributed by atoms with E-state index in [1.165, 1.54) is 0 Å². The minimum absolute atomic E-state index is 0.0382. The number of likely N-dealkylation sites (tertiary alicyclic amines) is 1. The van der Waals surface area contributed by atoms with Crippen molar-refractivity contribution in [2.75, 3.05) is 26.2 Å². The molecule has 0 saturated carbocycles. The van der Waals surface area contributed by atoms with E-state index in [1.54, 1.807) is 0 Å². The van der Waals surface area contributed by atoms with Crippen molar-refractivity contribution < 1.29 is 9.59 Å². The molecule has 29 heavy (non-hydrogen) atoms. The molecule has 3 heterocycles. The molecule has 2 unspecified atom stereocenters. The topological polar surface area (TPSA) is 103 Å². The van der Waals surface area contributed by atoms with Gasteiger partial charge in [-0.2, -0.15) is 5.10 Å². The average molecular weight is 396 g/mol. The first-order valence-corrected chi connectivity index (χ1v) is 10.4. The lowest BCUT2D eigenvalue weighted by molar-refractivity contribution is -0.123. The van der Waals surface area contributed by atoms with E-state index in [0.29, 0.717) is 30.4 Å². The van der Waals surface area contributed by atoms with Crippen LogP contribution in [0.1, 0.15) is 41.9 Å². The third-order valence-electron chi connectivity index (χ3n) is 5.74. The normalized spacial score (nSPS) is 21.9. The number of rotatable bonds is 5. The Balaban J connectivity index is 1.32. The van der Waals surface area contributed by atoms with Crippen molar-refractivity contribution in [3.63, 3.8) is 0 Å². The van der Waals surface area contributed by atoms with E-state index >= 15 is 0 Å². The third kappa shape index (κ3) is 4.64. The number of H-pyrrole nitrogens is 1. The highest BCUT2D eigenvalue weighted by atomic mass is 16.2. The zero-order valence-corrected chi connectivity index (χ0v) is 16.8. The number of carbonyl (C=O) groups is 2. The van der Waals surface area contributed by atoms with Crippen LogP contribution in [-0.2, 0) is 4.79 Å². The minimum atomic E-state index is -0.0531. The number of piperidine rings is 1. The van der Waals surface area contributed by atoms with Crippen molar-refractivity contribution in [1.82, 2.24) is 30.7 Å². The number of nitrogens with one attached hydrogen (secondary N) is 3. The van der Waals surface area contributed by atoms with Gasteiger partial charge in [0.05, 0.1) is 6.04 Å². The fourth-order valence-corrected chi connectivity index (χ4v) is 4.11. The van der Waals surface area contributed by atoms with Gasteiger partial charge in [0.1, 0.15) is 5.82 Å². The Hall–Kier alpha value is -2.74. The molecule has 0 spiro atoms. The molecule has 8 heteroatoms. The first-order chi connectivity index (χ1) is 14.1. The number of hydrogen-bond donors (Lipinski definition) is 3. The number of nitrogens with zero attached hydrogens (tertiary/aromatic N) is 3. The highest BCUT2D eigenvalue weighted by Gasteiger charge is 2.27. The monoisotopic (exact) mass is 396 g/mol. The minimum Gasteiger partial charge on any atom is -0.354 e. The quantitative estimate of drug-likeness (QED) is 0.711. The predicted octanol–water partition coefficient (Wildman–Crippen LogP) is 1.50. The average Bonchev–Trinajstić information content (AvgIpc) is 3.44. The van der Waals surface area contributed by atoms with E-state index in [-0.39, 0.29) is 17.9 Å². The maximum absolute atomic E-state index is 12.9. The number of aromatic nitrogens is 3. The molecule has 0 bridgehead atoms. The second kappa shape index (κ2) is 8.73. The maximum atomic E-state index is 12.9. The molecule has 0 radical (unpaired) electrons. The Morgan fingerprint density at radius 2 is 2.03 bits per heavy atom. The third-order valence-corrected chi connectivity index (χ3v) is 5.74. The van der Waals surface area contributed by atoms with Crippen molar-refractivity contribution in [3.8, 4) is 11.4 Å². The van der Waals surface area contributed by atoms with Crippen LogP contribution in [0.3, 0.4) is 0 Å². The second-order valence-electron chi connectivity index (χ2n) is 7.98. The number of aryl methyl sites for hydroxylation is 1. The van der Waals surface area contributed by atoms with Crippen LogP contribution in [0.25, 0.3) is 11.4 Å². The summed E-state index contributed by atoms with van der Waals surface area (Å²) in [4.78, 5) is 31.4. The van der Waals surface area contributed by atoms with Crippen LogP contribution in [0, 0.1) is 12.8 Å². The van der Waals surface area contributed by atoms with Crippen molar-refractivity contribution >= 4 is 11.8 Å². The standard InChI is InChI=1S/C21H28N6O2/c1-14-24-19(26-25-14)16-6-8-17(9-7-16)21(29)27-11-3-4-15(13-27)12-23-20(28)18-5-2-10-22-18/h6-9,15,18,22H,2-5,10-13H2,1H3,(H,23,28)(H,24,25,26). The van der Waals surface area contributed by atoms with Crippen LogP contribution >= 0.6 is 0 Å². The van der Waals surface area contributed by atoms with E-state index in [1.807, 2.05) is 36.1 Å². The number of aromatic amines is 1. The lowest BCUT2D eigenvalue weighted by atomic mass is 9.97. The van der Waals surface area contributed by atoms with Gasteiger partial charge >= 0.3 is 0 Å². The van der Waals surface area contributed by atoms with Crippen LogP contribution in [-0.4, -0.2) is 64.1 Å². The Bertz CT molecular complexity index is 856. The molecule has 2 aliphatic heterocycles. The molecule has 2 atom stereocenters. The highest BCUT2D eigenvalue weighted by Crippen LogP contribution is 2.20. The Labute approximate surface area is 170 Å².